The highest BCUT2D eigenvalue weighted by atomic mass is 16.1. The summed E-state index contributed by atoms with van der Waals surface area (Å²) in [5.74, 6) is 0.634. The van der Waals surface area contributed by atoms with Gasteiger partial charge in [0.25, 0.3) is 0 Å². The van der Waals surface area contributed by atoms with Crippen LogP contribution in [0, 0.1) is 11.8 Å². The van der Waals surface area contributed by atoms with Crippen molar-refractivity contribution in [3.8, 4) is 0 Å². The molecule has 1 atom stereocenters. The summed E-state index contributed by atoms with van der Waals surface area (Å²) in [6.07, 6.45) is 25.5. The largest absolute Gasteiger partial charge is 0.307 e. The van der Waals surface area contributed by atoms with Crippen LogP contribution in [0.15, 0.2) is 72.1 Å². The summed E-state index contributed by atoms with van der Waals surface area (Å²) < 4.78 is 2.09. The number of hydrogen-bond donors (Lipinski definition) is 0. The Labute approximate surface area is 189 Å². The van der Waals surface area contributed by atoms with Gasteiger partial charge in [-0.15, -0.1) is 0 Å². The molecule has 0 amide bonds. The zero-order chi connectivity index (χ0) is 21.9. The number of carbonyl (C=O) groups excluding carboxylic acids is 2. The first-order chi connectivity index (χ1) is 15.7. The van der Waals surface area contributed by atoms with Crippen molar-refractivity contribution < 1.29 is 9.59 Å². The van der Waals surface area contributed by atoms with Crippen LogP contribution in [0.25, 0.3) is 5.65 Å². The third-order valence-corrected chi connectivity index (χ3v) is 7.05. The van der Waals surface area contributed by atoms with Gasteiger partial charge in [0.1, 0.15) is 5.65 Å². The van der Waals surface area contributed by atoms with Crippen molar-refractivity contribution in [3.05, 3.63) is 83.4 Å². The number of aromatic nitrogens is 2. The minimum absolute atomic E-state index is 0.00233. The number of carbonyl (C=O) groups is 2. The molecule has 4 nitrogen and oxygen atoms in total. The molecule has 0 aliphatic heterocycles. The van der Waals surface area contributed by atoms with Gasteiger partial charge in [0.2, 0.25) is 0 Å². The first-order valence-electron chi connectivity index (χ1n) is 12.0. The van der Waals surface area contributed by atoms with Gasteiger partial charge in [0, 0.05) is 24.4 Å². The summed E-state index contributed by atoms with van der Waals surface area (Å²) in [5.41, 5.74) is 4.60. The molecule has 0 N–H and O–H groups in total. The third-order valence-electron chi connectivity index (χ3n) is 7.05. The molecule has 0 spiro atoms. The number of ketones is 2. The van der Waals surface area contributed by atoms with Gasteiger partial charge in [-0.2, -0.15) is 0 Å². The molecule has 2 heterocycles. The standard InChI is InChI=1S/C28H30N2O2/c31-26(23-16-22-8-4-5-9-25(22)27(32)17-23)14-13-24-19-30-18-21(12-15-28(30)29-24)11-10-20-6-2-1-3-7-20/h4-5,8-9,12,15-20,25H,1-3,6-7,10-11,13-14H2. The molecule has 32 heavy (non-hydrogen) atoms. The molecule has 0 bridgehead atoms. The monoisotopic (exact) mass is 426 g/mol. The molecule has 2 aromatic heterocycles. The highest BCUT2D eigenvalue weighted by molar-refractivity contribution is 6.09. The Balaban J connectivity index is 1.20. The Kier molecular flexibility index (Phi) is 6.02. The van der Waals surface area contributed by atoms with Crippen LogP contribution in [-0.4, -0.2) is 21.0 Å². The maximum atomic E-state index is 12.8. The van der Waals surface area contributed by atoms with Crippen molar-refractivity contribution in [1.29, 1.82) is 0 Å². The molecule has 1 saturated carbocycles. The van der Waals surface area contributed by atoms with E-state index < -0.39 is 0 Å². The van der Waals surface area contributed by atoms with Crippen molar-refractivity contribution in [1.82, 2.24) is 9.38 Å². The van der Waals surface area contributed by atoms with E-state index in [2.05, 4.69) is 22.7 Å². The van der Waals surface area contributed by atoms with Gasteiger partial charge < -0.3 is 4.40 Å². The van der Waals surface area contributed by atoms with Crippen LogP contribution in [0.3, 0.4) is 0 Å². The number of imidazole rings is 1. The summed E-state index contributed by atoms with van der Waals surface area (Å²) in [6.45, 7) is 0. The van der Waals surface area contributed by atoms with E-state index in [1.54, 1.807) is 0 Å². The molecule has 0 saturated heterocycles. The molecule has 0 aromatic carbocycles. The van der Waals surface area contributed by atoms with Gasteiger partial charge in [-0.3, -0.25) is 9.59 Å². The maximum absolute atomic E-state index is 12.8. The lowest BCUT2D eigenvalue weighted by Gasteiger charge is -2.21. The Bertz CT molecular complexity index is 1160. The highest BCUT2D eigenvalue weighted by Gasteiger charge is 2.25. The highest BCUT2D eigenvalue weighted by Crippen LogP contribution is 2.28. The van der Waals surface area contributed by atoms with E-state index >= 15 is 0 Å². The van der Waals surface area contributed by atoms with Crippen LogP contribution < -0.4 is 0 Å². The lowest BCUT2D eigenvalue weighted by Crippen LogP contribution is -2.19. The smallest absolute Gasteiger partial charge is 0.167 e. The summed E-state index contributed by atoms with van der Waals surface area (Å²) in [4.78, 5) is 29.8. The molecule has 1 fully saturated rings. The fourth-order valence-corrected chi connectivity index (χ4v) is 5.17. The molecule has 0 radical (unpaired) electrons. The molecule has 4 heteroatoms. The molecular formula is C28H30N2O2. The predicted octanol–water partition coefficient (Wildman–Crippen LogP) is 5.53. The van der Waals surface area contributed by atoms with Crippen LogP contribution in [0.1, 0.15) is 56.2 Å². The molecule has 2 aromatic rings. The molecule has 3 aliphatic carbocycles. The number of allylic oxidation sites excluding steroid dienone is 8. The number of fused-ring (bicyclic) bond motifs is 2. The Morgan fingerprint density at radius 2 is 1.91 bits per heavy atom. The first kappa shape index (κ1) is 20.9. The second-order valence-electron chi connectivity index (χ2n) is 9.37. The molecule has 1 unspecified atom stereocenters. The number of aryl methyl sites for hydroxylation is 2. The third kappa shape index (κ3) is 4.59. The lowest BCUT2D eigenvalue weighted by molar-refractivity contribution is -0.118. The Hall–Kier alpha value is -3.01. The average molecular weight is 427 g/mol. The number of pyridine rings is 1. The van der Waals surface area contributed by atoms with Crippen LogP contribution in [0.5, 0.6) is 0 Å². The topological polar surface area (TPSA) is 51.4 Å². The summed E-state index contributed by atoms with van der Waals surface area (Å²) in [6, 6.07) is 4.27. The van der Waals surface area contributed by atoms with Gasteiger partial charge in [0.05, 0.1) is 11.6 Å². The quantitative estimate of drug-likeness (QED) is 0.585. The van der Waals surface area contributed by atoms with Crippen molar-refractivity contribution >= 4 is 17.2 Å². The number of nitrogens with zero attached hydrogens (tertiary/aromatic N) is 2. The van der Waals surface area contributed by atoms with E-state index in [-0.39, 0.29) is 17.5 Å². The van der Waals surface area contributed by atoms with E-state index in [0.29, 0.717) is 18.4 Å². The first-order valence-corrected chi connectivity index (χ1v) is 12.0. The van der Waals surface area contributed by atoms with E-state index in [9.17, 15) is 9.59 Å². The zero-order valence-corrected chi connectivity index (χ0v) is 18.5. The Morgan fingerprint density at radius 3 is 2.78 bits per heavy atom. The number of hydrogen-bond acceptors (Lipinski definition) is 3. The van der Waals surface area contributed by atoms with E-state index in [1.807, 2.05) is 36.6 Å². The number of Topliss-reactive ketones (excluding diaryl/α,β-unsaturated/α-hetero) is 1. The average Bonchev–Trinajstić information content (AvgIpc) is 3.24. The van der Waals surface area contributed by atoms with Crippen LogP contribution in [0.2, 0.25) is 0 Å². The van der Waals surface area contributed by atoms with E-state index in [0.717, 1.165) is 29.3 Å². The predicted molar refractivity (Wildman–Crippen MR) is 126 cm³/mol. The summed E-state index contributed by atoms with van der Waals surface area (Å²) in [5, 5.41) is 0. The van der Waals surface area contributed by atoms with E-state index in [1.165, 1.54) is 50.2 Å². The SMILES string of the molecule is O=C(CCc1cn2cc(CCC3CCCCC3)ccc2n1)C1=CC(=O)C2C=CC=CC2=C1. The van der Waals surface area contributed by atoms with Crippen LogP contribution in [0.4, 0.5) is 0 Å². The minimum atomic E-state index is -0.234. The van der Waals surface area contributed by atoms with Gasteiger partial charge in [0.15, 0.2) is 11.6 Å². The van der Waals surface area contributed by atoms with Crippen molar-refractivity contribution in [2.45, 2.75) is 57.8 Å². The van der Waals surface area contributed by atoms with Gasteiger partial charge in [-0.05, 0) is 54.5 Å². The minimum Gasteiger partial charge on any atom is -0.307 e. The maximum Gasteiger partial charge on any atom is 0.167 e. The van der Waals surface area contributed by atoms with Gasteiger partial charge in [-0.25, -0.2) is 4.98 Å². The summed E-state index contributed by atoms with van der Waals surface area (Å²) >= 11 is 0. The van der Waals surface area contributed by atoms with Crippen LogP contribution >= 0.6 is 0 Å². The van der Waals surface area contributed by atoms with Gasteiger partial charge in [-0.1, -0.05) is 62.5 Å². The molecule has 5 rings (SSSR count). The van der Waals surface area contributed by atoms with Crippen LogP contribution in [-0.2, 0) is 22.4 Å². The van der Waals surface area contributed by atoms with E-state index in [4.69, 9.17) is 4.98 Å². The normalized spacial score (nSPS) is 20.9. The fourth-order valence-electron chi connectivity index (χ4n) is 5.17. The van der Waals surface area contributed by atoms with Crippen molar-refractivity contribution in [2.75, 3.05) is 0 Å². The second-order valence-corrected chi connectivity index (χ2v) is 9.37. The Morgan fingerprint density at radius 1 is 1.03 bits per heavy atom. The fraction of sp³-hybridized carbons (Fsp3) is 0.393. The van der Waals surface area contributed by atoms with Crippen molar-refractivity contribution in [2.24, 2.45) is 11.8 Å². The molecule has 3 aliphatic rings. The number of rotatable bonds is 7. The summed E-state index contributed by atoms with van der Waals surface area (Å²) in [7, 11) is 0. The lowest BCUT2D eigenvalue weighted by atomic mass is 9.83. The second kappa shape index (κ2) is 9.23. The molecular weight excluding hydrogens is 396 g/mol. The zero-order valence-electron chi connectivity index (χ0n) is 18.5. The van der Waals surface area contributed by atoms with Gasteiger partial charge >= 0.3 is 0 Å². The molecule has 164 valence electrons. The van der Waals surface area contributed by atoms with Crippen molar-refractivity contribution in [3.63, 3.8) is 0 Å².